The second kappa shape index (κ2) is 4.87. The normalized spacial score (nSPS) is 13.7. The van der Waals surface area contributed by atoms with E-state index in [-0.39, 0.29) is 11.7 Å². The van der Waals surface area contributed by atoms with Crippen LogP contribution in [0.5, 0.6) is 0 Å². The van der Waals surface area contributed by atoms with Gasteiger partial charge in [0.05, 0.1) is 10.6 Å². The Kier molecular flexibility index (Phi) is 3.97. The average Bonchev–Trinajstić information content (AvgIpc) is 2.16. The fraction of sp³-hybridized carbons (Fsp3) is 0.500. The highest BCUT2D eigenvalue weighted by atomic mass is 32.2. The summed E-state index contributed by atoms with van der Waals surface area (Å²) in [4.78, 5) is 0.405. The predicted molar refractivity (Wildman–Crippen MR) is 67.1 cm³/mol. The largest absolute Gasteiger partial charge is 0.399 e. The Labute approximate surface area is 97.6 Å². The lowest BCUT2D eigenvalue weighted by Gasteiger charge is -2.11. The first kappa shape index (κ1) is 13.0. The summed E-state index contributed by atoms with van der Waals surface area (Å²) in [5, 5.41) is 0. The molecule has 0 aliphatic rings. The summed E-state index contributed by atoms with van der Waals surface area (Å²) in [6.07, 6.45) is 0.868. The zero-order valence-electron chi connectivity index (χ0n) is 10.0. The number of anilines is 1. The first-order valence-corrected chi connectivity index (χ1v) is 7.11. The number of benzene rings is 1. The van der Waals surface area contributed by atoms with Gasteiger partial charge in [0.2, 0.25) is 0 Å². The Morgan fingerprint density at radius 2 is 2.00 bits per heavy atom. The molecular weight excluding hydrogens is 222 g/mol. The second-order valence-electron chi connectivity index (χ2n) is 4.32. The second-order valence-corrected chi connectivity index (χ2v) is 6.32. The van der Waals surface area contributed by atoms with Crippen molar-refractivity contribution in [1.82, 2.24) is 0 Å². The number of nitrogens with two attached hydrogens (primary N) is 1. The topological polar surface area (TPSA) is 60.2 Å². The van der Waals surface area contributed by atoms with Crippen molar-refractivity contribution in [2.24, 2.45) is 5.92 Å². The Bertz CT molecular complexity index is 466. The number of aryl methyl sites for hydroxylation is 1. The minimum atomic E-state index is -3.17. The monoisotopic (exact) mass is 241 g/mol. The van der Waals surface area contributed by atoms with E-state index in [0.717, 1.165) is 12.0 Å². The highest BCUT2D eigenvalue weighted by Crippen LogP contribution is 2.21. The minimum Gasteiger partial charge on any atom is -0.399 e. The van der Waals surface area contributed by atoms with Gasteiger partial charge in [0.25, 0.3) is 0 Å². The van der Waals surface area contributed by atoms with Crippen LogP contribution in [0.3, 0.4) is 0 Å². The van der Waals surface area contributed by atoms with Crippen LogP contribution < -0.4 is 5.73 Å². The van der Waals surface area contributed by atoms with Crippen molar-refractivity contribution in [3.05, 3.63) is 23.8 Å². The molecule has 0 saturated carbocycles. The Balaban J connectivity index is 3.08. The minimum absolute atomic E-state index is 0.182. The van der Waals surface area contributed by atoms with Gasteiger partial charge in [-0.2, -0.15) is 0 Å². The predicted octanol–water partition coefficient (Wildman–Crippen LogP) is 2.40. The third-order valence-electron chi connectivity index (χ3n) is 2.73. The molecular formula is C12H19NO2S. The van der Waals surface area contributed by atoms with Crippen molar-refractivity contribution < 1.29 is 8.42 Å². The SMILES string of the molecule is CCC(C)CS(=O)(=O)c1ccc(N)cc1C. The summed E-state index contributed by atoms with van der Waals surface area (Å²) in [6, 6.07) is 4.93. The molecule has 3 nitrogen and oxygen atoms in total. The van der Waals surface area contributed by atoms with Gasteiger partial charge in [-0.25, -0.2) is 8.42 Å². The van der Waals surface area contributed by atoms with Crippen molar-refractivity contribution in [3.8, 4) is 0 Å². The summed E-state index contributed by atoms with van der Waals surface area (Å²) >= 11 is 0. The molecule has 1 atom stereocenters. The number of nitrogen functional groups attached to an aromatic ring is 1. The van der Waals surface area contributed by atoms with Crippen LogP contribution in [0.4, 0.5) is 5.69 Å². The standard InChI is InChI=1S/C12H19NO2S/c1-4-9(2)8-16(14,15)12-6-5-11(13)7-10(12)3/h5-7,9H,4,8,13H2,1-3H3. The highest BCUT2D eigenvalue weighted by molar-refractivity contribution is 7.91. The van der Waals surface area contributed by atoms with Crippen molar-refractivity contribution >= 4 is 15.5 Å². The van der Waals surface area contributed by atoms with Crippen molar-refractivity contribution in [1.29, 1.82) is 0 Å². The van der Waals surface area contributed by atoms with E-state index in [1.807, 2.05) is 13.8 Å². The van der Waals surface area contributed by atoms with Crippen molar-refractivity contribution in [2.75, 3.05) is 11.5 Å². The van der Waals surface area contributed by atoms with E-state index in [0.29, 0.717) is 10.6 Å². The maximum Gasteiger partial charge on any atom is 0.178 e. The van der Waals surface area contributed by atoms with E-state index in [2.05, 4.69) is 0 Å². The molecule has 0 bridgehead atoms. The fourth-order valence-corrected chi connectivity index (χ4v) is 3.59. The van der Waals surface area contributed by atoms with E-state index < -0.39 is 9.84 Å². The molecule has 0 heterocycles. The molecule has 0 aliphatic carbocycles. The maximum absolute atomic E-state index is 12.1. The lowest BCUT2D eigenvalue weighted by Crippen LogP contribution is -2.14. The lowest BCUT2D eigenvalue weighted by molar-refractivity contribution is 0.564. The quantitative estimate of drug-likeness (QED) is 0.823. The molecule has 16 heavy (non-hydrogen) atoms. The average molecular weight is 241 g/mol. The number of sulfone groups is 1. The fourth-order valence-electron chi connectivity index (χ4n) is 1.60. The van der Waals surface area contributed by atoms with Gasteiger partial charge in [-0.3, -0.25) is 0 Å². The van der Waals surface area contributed by atoms with Crippen molar-refractivity contribution in [2.45, 2.75) is 32.1 Å². The molecule has 1 aromatic carbocycles. The molecule has 0 spiro atoms. The summed E-state index contributed by atoms with van der Waals surface area (Å²) < 4.78 is 24.2. The van der Waals surface area contributed by atoms with Gasteiger partial charge in [0.1, 0.15) is 0 Å². The Morgan fingerprint density at radius 3 is 2.50 bits per heavy atom. The lowest BCUT2D eigenvalue weighted by atomic mass is 10.2. The van der Waals surface area contributed by atoms with E-state index in [1.54, 1.807) is 25.1 Å². The van der Waals surface area contributed by atoms with Crippen LogP contribution in [0.15, 0.2) is 23.1 Å². The molecule has 1 unspecified atom stereocenters. The van der Waals surface area contributed by atoms with Gasteiger partial charge >= 0.3 is 0 Å². The van der Waals surface area contributed by atoms with Crippen LogP contribution in [0.25, 0.3) is 0 Å². The number of hydrogen-bond acceptors (Lipinski definition) is 3. The molecule has 0 fully saturated rings. The van der Waals surface area contributed by atoms with Crippen LogP contribution in [0.2, 0.25) is 0 Å². The van der Waals surface area contributed by atoms with Crippen LogP contribution in [0.1, 0.15) is 25.8 Å². The number of hydrogen-bond donors (Lipinski definition) is 1. The third-order valence-corrected chi connectivity index (χ3v) is 4.87. The third kappa shape index (κ3) is 2.98. The van der Waals surface area contributed by atoms with Crippen LogP contribution in [-0.2, 0) is 9.84 Å². The molecule has 0 aliphatic heterocycles. The molecule has 0 radical (unpaired) electrons. The molecule has 2 N–H and O–H groups in total. The molecule has 1 aromatic rings. The van der Waals surface area contributed by atoms with Crippen LogP contribution >= 0.6 is 0 Å². The summed E-state index contributed by atoms with van der Waals surface area (Å²) in [6.45, 7) is 5.72. The highest BCUT2D eigenvalue weighted by Gasteiger charge is 2.19. The zero-order chi connectivity index (χ0) is 12.3. The van der Waals surface area contributed by atoms with E-state index in [9.17, 15) is 8.42 Å². The van der Waals surface area contributed by atoms with Gasteiger partial charge in [-0.05, 0) is 36.6 Å². The molecule has 1 rings (SSSR count). The zero-order valence-corrected chi connectivity index (χ0v) is 10.8. The Hall–Kier alpha value is -1.03. The first-order chi connectivity index (χ1) is 7.36. The maximum atomic E-state index is 12.1. The van der Waals surface area contributed by atoms with Gasteiger partial charge in [-0.15, -0.1) is 0 Å². The first-order valence-electron chi connectivity index (χ1n) is 5.45. The Morgan fingerprint density at radius 1 is 1.38 bits per heavy atom. The molecule has 0 aromatic heterocycles. The van der Waals surface area contributed by atoms with Gasteiger partial charge in [0.15, 0.2) is 9.84 Å². The number of rotatable bonds is 4. The smallest absolute Gasteiger partial charge is 0.178 e. The summed E-state index contributed by atoms with van der Waals surface area (Å²) in [5.74, 6) is 0.385. The van der Waals surface area contributed by atoms with Crippen molar-refractivity contribution in [3.63, 3.8) is 0 Å². The van der Waals surface area contributed by atoms with Gasteiger partial charge in [-0.1, -0.05) is 20.3 Å². The van der Waals surface area contributed by atoms with Gasteiger partial charge < -0.3 is 5.73 Å². The van der Waals surface area contributed by atoms with E-state index >= 15 is 0 Å². The van der Waals surface area contributed by atoms with E-state index in [1.165, 1.54) is 0 Å². The molecule has 4 heteroatoms. The van der Waals surface area contributed by atoms with Crippen LogP contribution in [0, 0.1) is 12.8 Å². The molecule has 0 amide bonds. The molecule has 0 saturated heterocycles. The molecule has 90 valence electrons. The summed E-state index contributed by atoms with van der Waals surface area (Å²) in [5.41, 5.74) is 6.93. The van der Waals surface area contributed by atoms with Gasteiger partial charge in [0, 0.05) is 5.69 Å². The summed E-state index contributed by atoms with van der Waals surface area (Å²) in [7, 11) is -3.17. The van der Waals surface area contributed by atoms with E-state index in [4.69, 9.17) is 5.73 Å². The van der Waals surface area contributed by atoms with Crippen LogP contribution in [-0.4, -0.2) is 14.2 Å².